The van der Waals surface area contributed by atoms with Crippen LogP contribution in [0.3, 0.4) is 0 Å². The van der Waals surface area contributed by atoms with Crippen LogP contribution in [0.1, 0.15) is 27.4 Å². The number of hydrogen-bond acceptors (Lipinski definition) is 6. The van der Waals surface area contributed by atoms with Crippen molar-refractivity contribution in [2.24, 2.45) is 0 Å². The Bertz CT molecular complexity index is 1060. The van der Waals surface area contributed by atoms with Crippen LogP contribution in [0.15, 0.2) is 36.4 Å². The Morgan fingerprint density at radius 1 is 1.17 bits per heavy atom. The maximum absolute atomic E-state index is 13.6. The van der Waals surface area contributed by atoms with Gasteiger partial charge in [-0.2, -0.15) is 0 Å². The third kappa shape index (κ3) is 2.79. The van der Waals surface area contributed by atoms with Crippen LogP contribution in [-0.4, -0.2) is 44.1 Å². The standard InChI is InChI=1S/C23H21BrO6/c1-11(9-24)16-7-14-15(29-16)5-4-12-22(25)21-13-6-18(26-2)19(27-3)8-17(13)28-10-20(21)30-23(12)14/h4-6,8,16,20-21H,1,7,9-10H2,2-3H3/t16-,20+,21+/m1/s1. The first kappa shape index (κ1) is 19.3. The lowest BCUT2D eigenvalue weighted by molar-refractivity contribution is 0.0554. The summed E-state index contributed by atoms with van der Waals surface area (Å²) < 4.78 is 29.1. The van der Waals surface area contributed by atoms with Crippen LogP contribution in [0.4, 0.5) is 0 Å². The van der Waals surface area contributed by atoms with E-state index in [2.05, 4.69) is 22.5 Å². The summed E-state index contributed by atoms with van der Waals surface area (Å²) in [5.41, 5.74) is 3.20. The zero-order chi connectivity index (χ0) is 21.0. The van der Waals surface area contributed by atoms with Gasteiger partial charge >= 0.3 is 0 Å². The lowest BCUT2D eigenvalue weighted by atomic mass is 9.81. The van der Waals surface area contributed by atoms with E-state index in [4.69, 9.17) is 23.7 Å². The number of ether oxygens (including phenoxy) is 5. The van der Waals surface area contributed by atoms with Gasteiger partial charge in [0.25, 0.3) is 0 Å². The smallest absolute Gasteiger partial charge is 0.178 e. The van der Waals surface area contributed by atoms with Gasteiger partial charge in [-0.15, -0.1) is 0 Å². The maximum Gasteiger partial charge on any atom is 0.178 e. The van der Waals surface area contributed by atoms with E-state index >= 15 is 0 Å². The predicted molar refractivity (Wildman–Crippen MR) is 114 cm³/mol. The summed E-state index contributed by atoms with van der Waals surface area (Å²) in [5, 5.41) is 0.661. The molecule has 0 fully saturated rings. The van der Waals surface area contributed by atoms with Gasteiger partial charge < -0.3 is 23.7 Å². The van der Waals surface area contributed by atoms with Crippen molar-refractivity contribution in [3.05, 3.63) is 53.1 Å². The van der Waals surface area contributed by atoms with Crippen LogP contribution < -0.4 is 23.7 Å². The molecule has 0 unspecified atom stereocenters. The number of rotatable bonds is 4. The SMILES string of the molecule is C=C(CBr)[C@H]1Cc2c(ccc3c2O[C@H]2COc4cc(OC)c(OC)cc4[C@@H]2C3=O)O1. The topological polar surface area (TPSA) is 63.2 Å². The van der Waals surface area contributed by atoms with Crippen LogP contribution >= 0.6 is 15.9 Å². The summed E-state index contributed by atoms with van der Waals surface area (Å²) in [6, 6.07) is 7.22. The molecule has 0 radical (unpaired) electrons. The number of alkyl halides is 1. The molecule has 2 aromatic carbocycles. The number of hydrogen-bond donors (Lipinski definition) is 0. The van der Waals surface area contributed by atoms with Gasteiger partial charge in [0, 0.05) is 28.9 Å². The molecule has 0 aromatic heterocycles. The molecule has 0 aliphatic carbocycles. The molecule has 0 saturated carbocycles. The molecule has 0 N–H and O–H groups in total. The number of carbonyl (C=O) groups excluding carboxylic acids is 1. The Balaban J connectivity index is 1.56. The highest BCUT2D eigenvalue weighted by atomic mass is 79.9. The van der Waals surface area contributed by atoms with Gasteiger partial charge in [0.2, 0.25) is 0 Å². The number of benzene rings is 2. The third-order valence-electron chi connectivity index (χ3n) is 5.95. The molecule has 0 amide bonds. The van der Waals surface area contributed by atoms with Crippen molar-refractivity contribution in [2.45, 2.75) is 24.5 Å². The Kier molecular flexibility index (Phi) is 4.65. The van der Waals surface area contributed by atoms with Crippen molar-refractivity contribution in [1.82, 2.24) is 0 Å². The fourth-order valence-electron chi connectivity index (χ4n) is 4.38. The number of Topliss-reactive ketones (excluding diaryl/α,β-unsaturated/α-hetero) is 1. The summed E-state index contributed by atoms with van der Waals surface area (Å²) in [7, 11) is 3.14. The molecular formula is C23H21BrO6. The van der Waals surface area contributed by atoms with E-state index in [1.807, 2.05) is 12.1 Å². The molecule has 7 heteroatoms. The highest BCUT2D eigenvalue weighted by molar-refractivity contribution is 9.09. The molecule has 2 aromatic rings. The van der Waals surface area contributed by atoms with Crippen molar-refractivity contribution in [1.29, 1.82) is 0 Å². The van der Waals surface area contributed by atoms with Gasteiger partial charge in [0.05, 0.1) is 25.7 Å². The minimum Gasteiger partial charge on any atom is -0.493 e. The monoisotopic (exact) mass is 472 g/mol. The first-order valence-electron chi connectivity index (χ1n) is 9.71. The van der Waals surface area contributed by atoms with E-state index in [1.54, 1.807) is 26.4 Å². The Morgan fingerprint density at radius 2 is 1.93 bits per heavy atom. The van der Waals surface area contributed by atoms with Crippen molar-refractivity contribution < 1.29 is 28.5 Å². The van der Waals surface area contributed by atoms with Crippen molar-refractivity contribution in [2.75, 3.05) is 26.2 Å². The number of fused-ring (bicyclic) bond motifs is 6. The molecule has 0 spiro atoms. The highest BCUT2D eigenvalue weighted by Crippen LogP contribution is 2.49. The largest absolute Gasteiger partial charge is 0.493 e. The van der Waals surface area contributed by atoms with Gasteiger partial charge in [-0.05, 0) is 23.8 Å². The summed E-state index contributed by atoms with van der Waals surface area (Å²) in [5.74, 6) is 2.64. The Morgan fingerprint density at radius 3 is 2.67 bits per heavy atom. The minimum atomic E-state index is -0.463. The van der Waals surface area contributed by atoms with E-state index in [0.717, 1.165) is 22.4 Å². The van der Waals surface area contributed by atoms with E-state index in [0.29, 0.717) is 40.3 Å². The van der Waals surface area contributed by atoms with Crippen molar-refractivity contribution >= 4 is 21.7 Å². The molecule has 3 aliphatic heterocycles. The van der Waals surface area contributed by atoms with E-state index < -0.39 is 12.0 Å². The average molecular weight is 473 g/mol. The quantitative estimate of drug-likeness (QED) is 0.493. The average Bonchev–Trinajstić information content (AvgIpc) is 3.22. The van der Waals surface area contributed by atoms with E-state index in [1.165, 1.54) is 0 Å². The lowest BCUT2D eigenvalue weighted by Gasteiger charge is -2.37. The molecule has 6 nitrogen and oxygen atoms in total. The summed E-state index contributed by atoms with van der Waals surface area (Å²) in [6.45, 7) is 4.34. The fourth-order valence-corrected chi connectivity index (χ4v) is 4.74. The summed E-state index contributed by atoms with van der Waals surface area (Å²) >= 11 is 3.44. The number of methoxy groups -OCH3 is 2. The number of carbonyl (C=O) groups is 1. The van der Waals surface area contributed by atoms with Crippen LogP contribution in [0.25, 0.3) is 0 Å². The zero-order valence-electron chi connectivity index (χ0n) is 16.7. The number of ketones is 1. The Hall–Kier alpha value is -2.67. The first-order valence-corrected chi connectivity index (χ1v) is 10.8. The van der Waals surface area contributed by atoms with Crippen LogP contribution in [0.2, 0.25) is 0 Å². The van der Waals surface area contributed by atoms with Gasteiger partial charge in [0.15, 0.2) is 17.3 Å². The van der Waals surface area contributed by atoms with Gasteiger partial charge in [-0.1, -0.05) is 22.5 Å². The first-order chi connectivity index (χ1) is 14.5. The molecule has 0 bridgehead atoms. The minimum absolute atomic E-state index is 0.0172. The predicted octanol–water partition coefficient (Wildman–Crippen LogP) is 4.08. The van der Waals surface area contributed by atoms with E-state index in [9.17, 15) is 4.79 Å². The van der Waals surface area contributed by atoms with Crippen molar-refractivity contribution in [3.8, 4) is 28.7 Å². The molecule has 3 heterocycles. The zero-order valence-corrected chi connectivity index (χ0v) is 18.3. The fraction of sp³-hybridized carbons (Fsp3) is 0.348. The van der Waals surface area contributed by atoms with E-state index in [-0.39, 0.29) is 18.5 Å². The molecule has 156 valence electrons. The normalized spacial score (nSPS) is 23.0. The molecular weight excluding hydrogens is 452 g/mol. The van der Waals surface area contributed by atoms with Crippen LogP contribution in [-0.2, 0) is 6.42 Å². The van der Waals surface area contributed by atoms with Gasteiger partial charge in [0.1, 0.15) is 36.1 Å². The second-order valence-electron chi connectivity index (χ2n) is 7.58. The molecule has 3 atom stereocenters. The lowest BCUT2D eigenvalue weighted by Crippen LogP contribution is -2.43. The summed E-state index contributed by atoms with van der Waals surface area (Å²) in [4.78, 5) is 13.6. The molecule has 30 heavy (non-hydrogen) atoms. The second-order valence-corrected chi connectivity index (χ2v) is 8.14. The van der Waals surface area contributed by atoms with Gasteiger partial charge in [-0.3, -0.25) is 4.79 Å². The Labute approximate surface area is 182 Å². The van der Waals surface area contributed by atoms with Crippen molar-refractivity contribution in [3.63, 3.8) is 0 Å². The van der Waals surface area contributed by atoms with Crippen LogP contribution in [0.5, 0.6) is 28.7 Å². The van der Waals surface area contributed by atoms with Gasteiger partial charge in [-0.25, -0.2) is 0 Å². The molecule has 3 aliphatic rings. The molecule has 0 saturated heterocycles. The third-order valence-corrected chi connectivity index (χ3v) is 6.67. The second kappa shape index (κ2) is 7.23. The maximum atomic E-state index is 13.6. The van der Waals surface area contributed by atoms with Crippen LogP contribution in [0, 0.1) is 0 Å². The highest BCUT2D eigenvalue weighted by Gasteiger charge is 2.45. The summed E-state index contributed by atoms with van der Waals surface area (Å²) in [6.07, 6.45) is 0.0960. The number of halogens is 1. The molecule has 5 rings (SSSR count).